The number of pyridine rings is 1. The minimum absolute atomic E-state index is 0.283. The van der Waals surface area contributed by atoms with Crippen LogP contribution in [0.25, 0.3) is 0 Å². The first-order chi connectivity index (χ1) is 9.26. The molecule has 2 rings (SSSR count). The molecule has 0 aliphatic heterocycles. The number of aromatic nitrogens is 1. The van der Waals surface area contributed by atoms with Gasteiger partial charge in [-0.2, -0.15) is 5.26 Å². The normalized spacial score (nSPS) is 9.47. The molecule has 0 atom stereocenters. The Labute approximate surface area is 110 Å². The van der Waals surface area contributed by atoms with Crippen LogP contribution in [0.1, 0.15) is 15.9 Å². The fraction of sp³-hybridized carbons (Fsp3) is 0.0714. The van der Waals surface area contributed by atoms with Crippen LogP contribution in [-0.4, -0.2) is 17.9 Å². The first kappa shape index (κ1) is 12.6. The standard InChI is InChI=1S/C14H12N4O/c1-16-13-9-17-7-6-11(13)14(19)18-12-5-3-2-4-10(12)8-15/h2-7,9,16H,1H3,(H,18,19). The number of rotatable bonds is 3. The molecule has 0 saturated heterocycles. The molecule has 94 valence electrons. The molecule has 0 fully saturated rings. The molecule has 2 N–H and O–H groups in total. The zero-order chi connectivity index (χ0) is 13.7. The van der Waals surface area contributed by atoms with Crippen LogP contribution in [0.2, 0.25) is 0 Å². The lowest BCUT2D eigenvalue weighted by atomic mass is 10.1. The van der Waals surface area contributed by atoms with Crippen molar-refractivity contribution in [3.8, 4) is 6.07 Å². The van der Waals surface area contributed by atoms with Gasteiger partial charge in [-0.15, -0.1) is 0 Å². The second-order valence-electron chi connectivity index (χ2n) is 3.78. The number of para-hydroxylation sites is 1. The van der Waals surface area contributed by atoms with Gasteiger partial charge in [0.15, 0.2) is 0 Å². The SMILES string of the molecule is CNc1cnccc1C(=O)Nc1ccccc1C#N. The maximum absolute atomic E-state index is 12.2. The van der Waals surface area contributed by atoms with E-state index in [1.54, 1.807) is 49.8 Å². The van der Waals surface area contributed by atoms with Crippen LogP contribution in [0.5, 0.6) is 0 Å². The minimum Gasteiger partial charge on any atom is -0.386 e. The predicted octanol–water partition coefficient (Wildman–Crippen LogP) is 2.25. The number of benzene rings is 1. The van der Waals surface area contributed by atoms with Gasteiger partial charge in [0.05, 0.1) is 28.7 Å². The lowest BCUT2D eigenvalue weighted by molar-refractivity contribution is 0.102. The Kier molecular flexibility index (Phi) is 3.74. The minimum atomic E-state index is -0.283. The molecule has 0 aliphatic carbocycles. The highest BCUT2D eigenvalue weighted by Gasteiger charge is 2.12. The van der Waals surface area contributed by atoms with Gasteiger partial charge >= 0.3 is 0 Å². The van der Waals surface area contributed by atoms with E-state index in [0.717, 1.165) is 0 Å². The van der Waals surface area contributed by atoms with Crippen LogP contribution in [0.15, 0.2) is 42.7 Å². The van der Waals surface area contributed by atoms with Crippen LogP contribution in [-0.2, 0) is 0 Å². The molecule has 1 heterocycles. The Hall–Kier alpha value is -2.87. The third-order valence-corrected chi connectivity index (χ3v) is 2.63. The average molecular weight is 252 g/mol. The van der Waals surface area contributed by atoms with Crippen LogP contribution in [0.3, 0.4) is 0 Å². The van der Waals surface area contributed by atoms with Crippen molar-refractivity contribution in [2.24, 2.45) is 0 Å². The summed E-state index contributed by atoms with van der Waals surface area (Å²) in [4.78, 5) is 16.1. The Morgan fingerprint density at radius 2 is 2.05 bits per heavy atom. The zero-order valence-electron chi connectivity index (χ0n) is 10.3. The van der Waals surface area contributed by atoms with Crippen molar-refractivity contribution in [1.82, 2.24) is 4.98 Å². The van der Waals surface area contributed by atoms with Crippen molar-refractivity contribution in [3.05, 3.63) is 53.9 Å². The van der Waals surface area contributed by atoms with Crippen LogP contribution in [0.4, 0.5) is 11.4 Å². The second-order valence-corrected chi connectivity index (χ2v) is 3.78. The summed E-state index contributed by atoms with van der Waals surface area (Å²) in [5, 5.41) is 14.6. The van der Waals surface area contributed by atoms with Crippen molar-refractivity contribution in [1.29, 1.82) is 5.26 Å². The van der Waals surface area contributed by atoms with Crippen molar-refractivity contribution < 1.29 is 4.79 Å². The number of amides is 1. The monoisotopic (exact) mass is 252 g/mol. The number of nitriles is 1. The molecular weight excluding hydrogens is 240 g/mol. The lowest BCUT2D eigenvalue weighted by Gasteiger charge is -2.10. The van der Waals surface area contributed by atoms with Crippen LogP contribution >= 0.6 is 0 Å². The molecule has 5 heteroatoms. The fourth-order valence-electron chi connectivity index (χ4n) is 1.67. The second kappa shape index (κ2) is 5.65. The number of carbonyl (C=O) groups excluding carboxylic acids is 1. The van der Waals surface area contributed by atoms with Gasteiger partial charge < -0.3 is 10.6 Å². The third-order valence-electron chi connectivity index (χ3n) is 2.63. The maximum Gasteiger partial charge on any atom is 0.257 e. The molecule has 0 aliphatic rings. The van der Waals surface area contributed by atoms with E-state index in [9.17, 15) is 4.79 Å². The first-order valence-electron chi connectivity index (χ1n) is 5.68. The average Bonchev–Trinajstić information content (AvgIpc) is 2.47. The van der Waals surface area contributed by atoms with Crippen molar-refractivity contribution in [2.45, 2.75) is 0 Å². The molecule has 5 nitrogen and oxygen atoms in total. The fourth-order valence-corrected chi connectivity index (χ4v) is 1.67. The summed E-state index contributed by atoms with van der Waals surface area (Å²) in [7, 11) is 1.72. The Morgan fingerprint density at radius 1 is 1.26 bits per heavy atom. The molecule has 0 spiro atoms. The molecule has 1 amide bonds. The summed E-state index contributed by atoms with van der Waals surface area (Å²) in [6.07, 6.45) is 3.12. The zero-order valence-corrected chi connectivity index (χ0v) is 10.3. The van der Waals surface area contributed by atoms with E-state index < -0.39 is 0 Å². The molecule has 19 heavy (non-hydrogen) atoms. The molecule has 2 aromatic rings. The molecule has 0 bridgehead atoms. The largest absolute Gasteiger partial charge is 0.386 e. The number of hydrogen-bond donors (Lipinski definition) is 2. The van der Waals surface area contributed by atoms with E-state index in [1.165, 1.54) is 0 Å². The van der Waals surface area contributed by atoms with E-state index in [0.29, 0.717) is 22.5 Å². The van der Waals surface area contributed by atoms with E-state index in [1.807, 2.05) is 6.07 Å². The summed E-state index contributed by atoms with van der Waals surface area (Å²) in [6, 6.07) is 10.5. The Morgan fingerprint density at radius 3 is 2.79 bits per heavy atom. The van der Waals surface area contributed by atoms with Gasteiger partial charge in [-0.1, -0.05) is 12.1 Å². The third kappa shape index (κ3) is 2.69. The number of carbonyl (C=O) groups is 1. The van der Waals surface area contributed by atoms with E-state index >= 15 is 0 Å². The summed E-state index contributed by atoms with van der Waals surface area (Å²) >= 11 is 0. The molecular formula is C14H12N4O. The topological polar surface area (TPSA) is 77.8 Å². The smallest absolute Gasteiger partial charge is 0.257 e. The van der Waals surface area contributed by atoms with Crippen molar-refractivity contribution in [2.75, 3.05) is 17.7 Å². The van der Waals surface area contributed by atoms with Gasteiger partial charge in [0.1, 0.15) is 6.07 Å². The van der Waals surface area contributed by atoms with Gasteiger partial charge in [-0.25, -0.2) is 0 Å². The van der Waals surface area contributed by atoms with E-state index in [4.69, 9.17) is 5.26 Å². The molecule has 1 aromatic carbocycles. The quantitative estimate of drug-likeness (QED) is 0.878. The summed E-state index contributed by atoms with van der Waals surface area (Å²) in [6.45, 7) is 0. The highest BCUT2D eigenvalue weighted by Crippen LogP contribution is 2.18. The predicted molar refractivity (Wildman–Crippen MR) is 72.9 cm³/mol. The number of anilines is 2. The van der Waals surface area contributed by atoms with Gasteiger partial charge in [0.25, 0.3) is 5.91 Å². The van der Waals surface area contributed by atoms with Gasteiger partial charge in [-0.3, -0.25) is 9.78 Å². The number of hydrogen-bond acceptors (Lipinski definition) is 4. The molecule has 0 saturated carbocycles. The Balaban J connectivity index is 2.29. The first-order valence-corrected chi connectivity index (χ1v) is 5.68. The van der Waals surface area contributed by atoms with E-state index in [2.05, 4.69) is 15.6 Å². The highest BCUT2D eigenvalue weighted by molar-refractivity contribution is 6.08. The van der Waals surface area contributed by atoms with Gasteiger partial charge in [0.2, 0.25) is 0 Å². The van der Waals surface area contributed by atoms with Crippen molar-refractivity contribution in [3.63, 3.8) is 0 Å². The van der Waals surface area contributed by atoms with Gasteiger partial charge in [-0.05, 0) is 18.2 Å². The van der Waals surface area contributed by atoms with Gasteiger partial charge in [0, 0.05) is 13.2 Å². The lowest BCUT2D eigenvalue weighted by Crippen LogP contribution is -2.14. The number of nitrogens with one attached hydrogen (secondary N) is 2. The summed E-state index contributed by atoms with van der Waals surface area (Å²) in [5.41, 5.74) is 2.03. The summed E-state index contributed by atoms with van der Waals surface area (Å²) < 4.78 is 0. The molecule has 0 unspecified atom stereocenters. The molecule has 0 radical (unpaired) electrons. The highest BCUT2D eigenvalue weighted by atomic mass is 16.1. The van der Waals surface area contributed by atoms with E-state index in [-0.39, 0.29) is 5.91 Å². The van der Waals surface area contributed by atoms with Crippen molar-refractivity contribution >= 4 is 17.3 Å². The number of nitrogens with zero attached hydrogens (tertiary/aromatic N) is 2. The van der Waals surface area contributed by atoms with Crippen LogP contribution < -0.4 is 10.6 Å². The molecule has 1 aromatic heterocycles. The Bertz CT molecular complexity index is 646. The maximum atomic E-state index is 12.2. The summed E-state index contributed by atoms with van der Waals surface area (Å²) in [5.74, 6) is -0.283. The van der Waals surface area contributed by atoms with Crippen LogP contribution in [0, 0.1) is 11.3 Å².